The number of aldehydes is 1. The molecule has 0 aliphatic heterocycles. The molecule has 0 saturated heterocycles. The molecule has 64 valence electrons. The van der Waals surface area contributed by atoms with Crippen molar-refractivity contribution in [3.8, 4) is 0 Å². The van der Waals surface area contributed by atoms with Gasteiger partial charge in [-0.15, -0.1) is 0 Å². The Morgan fingerprint density at radius 3 is 2.69 bits per heavy atom. The summed E-state index contributed by atoms with van der Waals surface area (Å²) in [4.78, 5) is 21.0. The lowest BCUT2D eigenvalue weighted by atomic mass is 10.2. The zero-order valence-corrected chi connectivity index (χ0v) is 6.81. The first-order valence-corrected chi connectivity index (χ1v) is 3.86. The zero-order valence-electron chi connectivity index (χ0n) is 6.81. The molecule has 0 saturated carbocycles. The van der Waals surface area contributed by atoms with Crippen LogP contribution in [0.25, 0.3) is 10.9 Å². The molecule has 0 aliphatic rings. The summed E-state index contributed by atoms with van der Waals surface area (Å²) in [6.07, 6.45) is 3.16. The maximum atomic E-state index is 10.6. The molecular formula is C10H7NO2. The third kappa shape index (κ3) is 1.14. The molecule has 0 spiro atoms. The van der Waals surface area contributed by atoms with Gasteiger partial charge in [0, 0.05) is 17.1 Å². The first-order valence-electron chi connectivity index (χ1n) is 3.86. The van der Waals surface area contributed by atoms with Gasteiger partial charge in [-0.05, 0) is 12.1 Å². The molecule has 0 radical (unpaired) electrons. The molecule has 13 heavy (non-hydrogen) atoms. The lowest BCUT2D eigenvalue weighted by Gasteiger charge is -1.94. The predicted octanol–water partition coefficient (Wildman–Crippen LogP) is 1.49. The van der Waals surface area contributed by atoms with Gasteiger partial charge in [0.05, 0.1) is 5.52 Å². The standard InChI is InChI=1S/C10H7NO2/c12-6-8-1-2-9-3-4-11(7-13)10(9)5-8/h1-7H. The van der Waals surface area contributed by atoms with Crippen molar-refractivity contribution in [2.24, 2.45) is 0 Å². The van der Waals surface area contributed by atoms with Crippen LogP contribution in [0.4, 0.5) is 0 Å². The molecule has 1 heterocycles. The van der Waals surface area contributed by atoms with E-state index in [0.717, 1.165) is 23.6 Å². The lowest BCUT2D eigenvalue weighted by Crippen LogP contribution is -1.91. The number of hydrogen-bond donors (Lipinski definition) is 0. The summed E-state index contributed by atoms with van der Waals surface area (Å²) in [5, 5.41) is 0.956. The van der Waals surface area contributed by atoms with Gasteiger partial charge in [-0.1, -0.05) is 12.1 Å². The third-order valence-corrected chi connectivity index (χ3v) is 2.00. The second kappa shape index (κ2) is 2.86. The largest absolute Gasteiger partial charge is 0.298 e. The molecule has 0 amide bonds. The molecule has 0 bridgehead atoms. The van der Waals surface area contributed by atoms with Crippen molar-refractivity contribution in [2.75, 3.05) is 0 Å². The third-order valence-electron chi connectivity index (χ3n) is 2.00. The van der Waals surface area contributed by atoms with Crippen molar-refractivity contribution in [3.05, 3.63) is 36.0 Å². The molecule has 0 fully saturated rings. The van der Waals surface area contributed by atoms with Crippen LogP contribution in [0.1, 0.15) is 10.4 Å². The Labute approximate surface area is 74.6 Å². The first-order chi connectivity index (χ1) is 6.35. The van der Waals surface area contributed by atoms with Crippen LogP contribution < -0.4 is 0 Å². The van der Waals surface area contributed by atoms with Gasteiger partial charge in [0.1, 0.15) is 6.29 Å². The van der Waals surface area contributed by atoms with Crippen LogP contribution in [-0.2, 0) is 4.79 Å². The second-order valence-electron chi connectivity index (χ2n) is 2.76. The van der Waals surface area contributed by atoms with E-state index >= 15 is 0 Å². The predicted molar refractivity (Wildman–Crippen MR) is 49.5 cm³/mol. The Hall–Kier alpha value is -1.90. The summed E-state index contributed by atoms with van der Waals surface area (Å²) < 4.78 is 1.45. The summed E-state index contributed by atoms with van der Waals surface area (Å²) in [5.74, 6) is 0. The number of carbonyl (C=O) groups excluding carboxylic acids is 2. The Kier molecular flexibility index (Phi) is 1.70. The van der Waals surface area contributed by atoms with E-state index in [0.29, 0.717) is 5.56 Å². The number of benzene rings is 1. The minimum atomic E-state index is 0.578. The van der Waals surface area contributed by atoms with E-state index in [-0.39, 0.29) is 0 Å². The van der Waals surface area contributed by atoms with Crippen molar-refractivity contribution in [3.63, 3.8) is 0 Å². The van der Waals surface area contributed by atoms with Gasteiger partial charge in [0.2, 0.25) is 6.41 Å². The highest BCUT2D eigenvalue weighted by atomic mass is 16.1. The van der Waals surface area contributed by atoms with Crippen LogP contribution in [0.15, 0.2) is 30.5 Å². The molecule has 2 aromatic rings. The molecule has 2 rings (SSSR count). The average molecular weight is 173 g/mol. The highest BCUT2D eigenvalue weighted by Gasteiger charge is 2.00. The molecule has 3 nitrogen and oxygen atoms in total. The first kappa shape index (κ1) is 7.73. The van der Waals surface area contributed by atoms with Crippen LogP contribution >= 0.6 is 0 Å². The lowest BCUT2D eigenvalue weighted by molar-refractivity contribution is 0.112. The highest BCUT2D eigenvalue weighted by Crippen LogP contribution is 2.15. The van der Waals surface area contributed by atoms with E-state index in [9.17, 15) is 9.59 Å². The van der Waals surface area contributed by atoms with Gasteiger partial charge in [0.15, 0.2) is 0 Å². The van der Waals surface area contributed by atoms with E-state index in [1.165, 1.54) is 4.57 Å². The minimum Gasteiger partial charge on any atom is -0.298 e. The normalized spacial score (nSPS) is 10.2. The van der Waals surface area contributed by atoms with E-state index in [1.54, 1.807) is 18.3 Å². The van der Waals surface area contributed by atoms with Crippen molar-refractivity contribution >= 4 is 23.6 Å². The number of hydrogen-bond acceptors (Lipinski definition) is 2. The molecular weight excluding hydrogens is 166 g/mol. The van der Waals surface area contributed by atoms with Crippen LogP contribution in [0.3, 0.4) is 0 Å². The molecule has 0 atom stereocenters. The fraction of sp³-hybridized carbons (Fsp3) is 0. The molecule has 0 unspecified atom stereocenters. The smallest absolute Gasteiger partial charge is 0.218 e. The SMILES string of the molecule is O=Cc1ccc2ccn(C=O)c2c1. The molecule has 1 aromatic carbocycles. The second-order valence-corrected chi connectivity index (χ2v) is 2.76. The maximum absolute atomic E-state index is 10.6. The van der Waals surface area contributed by atoms with Crippen LogP contribution in [0.2, 0.25) is 0 Å². The van der Waals surface area contributed by atoms with Gasteiger partial charge < -0.3 is 0 Å². The van der Waals surface area contributed by atoms with Crippen molar-refractivity contribution in [2.45, 2.75) is 0 Å². The Balaban J connectivity index is 2.78. The van der Waals surface area contributed by atoms with Gasteiger partial charge in [0.25, 0.3) is 0 Å². The van der Waals surface area contributed by atoms with Gasteiger partial charge in [-0.3, -0.25) is 14.2 Å². The monoisotopic (exact) mass is 173 g/mol. The summed E-state index contributed by atoms with van der Waals surface area (Å²) in [6, 6.07) is 7.07. The average Bonchev–Trinajstić information content (AvgIpc) is 2.59. The highest BCUT2D eigenvalue weighted by molar-refractivity contribution is 5.90. The Bertz CT molecular complexity index is 471. The van der Waals surface area contributed by atoms with E-state index in [4.69, 9.17) is 0 Å². The zero-order chi connectivity index (χ0) is 9.26. The van der Waals surface area contributed by atoms with Gasteiger partial charge >= 0.3 is 0 Å². The van der Waals surface area contributed by atoms with E-state index < -0.39 is 0 Å². The van der Waals surface area contributed by atoms with Crippen LogP contribution in [-0.4, -0.2) is 17.3 Å². The molecule has 0 aliphatic carbocycles. The van der Waals surface area contributed by atoms with Crippen molar-refractivity contribution < 1.29 is 9.59 Å². The number of carbonyl (C=O) groups is 2. The quantitative estimate of drug-likeness (QED) is 0.645. The van der Waals surface area contributed by atoms with Crippen LogP contribution in [0, 0.1) is 0 Å². The molecule has 0 N–H and O–H groups in total. The van der Waals surface area contributed by atoms with Crippen molar-refractivity contribution in [1.82, 2.24) is 4.57 Å². The van der Waals surface area contributed by atoms with E-state index in [2.05, 4.69) is 0 Å². The number of nitrogens with zero attached hydrogens (tertiary/aromatic N) is 1. The summed E-state index contributed by atoms with van der Waals surface area (Å²) >= 11 is 0. The summed E-state index contributed by atoms with van der Waals surface area (Å²) in [7, 11) is 0. The maximum Gasteiger partial charge on any atom is 0.218 e. The van der Waals surface area contributed by atoms with E-state index in [1.807, 2.05) is 12.1 Å². The van der Waals surface area contributed by atoms with Gasteiger partial charge in [-0.25, -0.2) is 0 Å². The van der Waals surface area contributed by atoms with Crippen molar-refractivity contribution in [1.29, 1.82) is 0 Å². The molecule has 1 aromatic heterocycles. The summed E-state index contributed by atoms with van der Waals surface area (Å²) in [5.41, 5.74) is 1.34. The Morgan fingerprint density at radius 2 is 2.00 bits per heavy atom. The van der Waals surface area contributed by atoms with Gasteiger partial charge in [-0.2, -0.15) is 0 Å². The Morgan fingerprint density at radius 1 is 1.15 bits per heavy atom. The number of aromatic nitrogens is 1. The molecule has 3 heteroatoms. The number of rotatable bonds is 2. The fourth-order valence-electron chi connectivity index (χ4n) is 1.33. The summed E-state index contributed by atoms with van der Waals surface area (Å²) in [6.45, 7) is 0. The topological polar surface area (TPSA) is 39.1 Å². The van der Waals surface area contributed by atoms with Crippen LogP contribution in [0.5, 0.6) is 0 Å². The minimum absolute atomic E-state index is 0.578. The number of fused-ring (bicyclic) bond motifs is 1. The fourth-order valence-corrected chi connectivity index (χ4v) is 1.33.